The Labute approximate surface area is 99.9 Å². The van der Waals surface area contributed by atoms with Gasteiger partial charge in [0.25, 0.3) is 0 Å². The molecule has 0 fully saturated rings. The Morgan fingerprint density at radius 3 is 2.07 bits per heavy atom. The lowest BCUT2D eigenvalue weighted by Crippen LogP contribution is -2.27. The van der Waals surface area contributed by atoms with Crippen molar-refractivity contribution in [1.82, 2.24) is 16.0 Å². The normalized spacial score (nSPS) is 11.2. The number of nitrogens with one attached hydrogen (secondary N) is 3. The van der Waals surface area contributed by atoms with E-state index in [0.29, 0.717) is 6.04 Å². The number of hydrogen-bond acceptors (Lipinski definition) is 3. The van der Waals surface area contributed by atoms with Crippen LogP contribution in [0.25, 0.3) is 0 Å². The van der Waals surface area contributed by atoms with Gasteiger partial charge in [-0.05, 0) is 52.0 Å². The lowest BCUT2D eigenvalue weighted by Gasteiger charge is -2.08. The Hall–Kier alpha value is -0.120. The molecule has 0 atom stereocenters. The fourth-order valence-corrected chi connectivity index (χ4v) is 1.41. The van der Waals surface area contributed by atoms with Crippen LogP contribution >= 0.6 is 0 Å². The van der Waals surface area contributed by atoms with E-state index in [2.05, 4.69) is 36.7 Å². The summed E-state index contributed by atoms with van der Waals surface area (Å²) >= 11 is 0. The van der Waals surface area contributed by atoms with Gasteiger partial charge in [-0.1, -0.05) is 20.8 Å². The van der Waals surface area contributed by atoms with Crippen LogP contribution in [0.5, 0.6) is 0 Å². The average Bonchev–Trinajstić information content (AvgIpc) is 2.20. The minimum Gasteiger partial charge on any atom is -0.317 e. The molecule has 0 rings (SSSR count). The van der Waals surface area contributed by atoms with Crippen molar-refractivity contribution in [3.05, 3.63) is 0 Å². The summed E-state index contributed by atoms with van der Waals surface area (Å²) < 4.78 is 0. The molecule has 0 amide bonds. The zero-order valence-electron chi connectivity index (χ0n) is 10.7. The van der Waals surface area contributed by atoms with Gasteiger partial charge in [-0.2, -0.15) is 0 Å². The predicted molar refractivity (Wildman–Crippen MR) is 74.7 cm³/mol. The monoisotopic (exact) mass is 221 g/mol. The third-order valence-electron chi connectivity index (χ3n) is 2.29. The highest BCUT2D eigenvalue weighted by molar-refractivity contribution is 4.55. The van der Waals surface area contributed by atoms with Crippen LogP contribution < -0.4 is 16.0 Å². The maximum absolute atomic E-state index is 3.47. The maximum atomic E-state index is 3.47. The van der Waals surface area contributed by atoms with E-state index in [9.17, 15) is 0 Å². The second-order valence-corrected chi connectivity index (χ2v) is 4.27. The average molecular weight is 221 g/mol. The molecule has 0 aliphatic carbocycles. The Bertz CT molecular complexity index is 127. The van der Waals surface area contributed by atoms with Gasteiger partial charge in [0.1, 0.15) is 0 Å². The van der Waals surface area contributed by atoms with Crippen LogP contribution in [0.15, 0.2) is 0 Å². The summed E-state index contributed by atoms with van der Waals surface area (Å²) in [5, 5.41) is 10.2. The van der Waals surface area contributed by atoms with E-state index in [0.717, 1.165) is 32.7 Å². The van der Waals surface area contributed by atoms with E-state index in [4.69, 9.17) is 0 Å². The number of hydrogen-bond donors (Lipinski definition) is 3. The maximum Gasteiger partial charge on any atom is 0.00103 e. The molecule has 3 heteroatoms. The molecule has 0 saturated heterocycles. The highest BCUT2D eigenvalue weighted by Gasteiger charge is 1.92. The first-order chi connectivity index (χ1) is 7.27. The third kappa shape index (κ3) is 13.9. The van der Waals surface area contributed by atoms with E-state index in [-0.39, 0.29) is 4.28 Å². The SMILES string of the molecule is CCNCCCCNCCCNC(C)C.[HH].[HH].[HH]. The van der Waals surface area contributed by atoms with Gasteiger partial charge >= 0.3 is 0 Å². The molecule has 15 heavy (non-hydrogen) atoms. The van der Waals surface area contributed by atoms with Crippen molar-refractivity contribution in [3.63, 3.8) is 0 Å². The quantitative estimate of drug-likeness (QED) is 0.468. The van der Waals surface area contributed by atoms with E-state index in [1.165, 1.54) is 19.3 Å². The fourth-order valence-electron chi connectivity index (χ4n) is 1.41. The smallest absolute Gasteiger partial charge is 0.00103 e. The molecule has 98 valence electrons. The summed E-state index contributed by atoms with van der Waals surface area (Å²) in [7, 11) is 0. The van der Waals surface area contributed by atoms with Crippen LogP contribution in [0.2, 0.25) is 0 Å². The standard InChI is InChI=1S/C12H29N3.3H2/c1-4-13-8-5-6-9-14-10-7-11-15-12(2)3;;;/h12-15H,4-11H2,1-3H3;3*1H. The highest BCUT2D eigenvalue weighted by atomic mass is 14.9. The molecular weight excluding hydrogens is 186 g/mol. The molecule has 3 nitrogen and oxygen atoms in total. The van der Waals surface area contributed by atoms with Gasteiger partial charge in [0.15, 0.2) is 0 Å². The van der Waals surface area contributed by atoms with Crippen molar-refractivity contribution >= 4 is 0 Å². The summed E-state index contributed by atoms with van der Waals surface area (Å²) in [6.45, 7) is 12.2. The molecule has 3 N–H and O–H groups in total. The van der Waals surface area contributed by atoms with Crippen LogP contribution in [0.1, 0.15) is 44.3 Å². The van der Waals surface area contributed by atoms with Gasteiger partial charge in [0.05, 0.1) is 0 Å². The highest BCUT2D eigenvalue weighted by Crippen LogP contribution is 1.85. The van der Waals surface area contributed by atoms with Crippen molar-refractivity contribution in [1.29, 1.82) is 0 Å². The van der Waals surface area contributed by atoms with Gasteiger partial charge < -0.3 is 16.0 Å². The molecule has 0 radical (unpaired) electrons. The molecule has 0 aliphatic rings. The van der Waals surface area contributed by atoms with Crippen LogP contribution in [-0.4, -0.2) is 38.8 Å². The predicted octanol–water partition coefficient (Wildman–Crippen LogP) is 2.09. The minimum absolute atomic E-state index is 0. The van der Waals surface area contributed by atoms with Crippen molar-refractivity contribution < 1.29 is 4.28 Å². The van der Waals surface area contributed by atoms with E-state index >= 15 is 0 Å². The zero-order valence-corrected chi connectivity index (χ0v) is 10.7. The van der Waals surface area contributed by atoms with E-state index in [1.54, 1.807) is 0 Å². The first kappa shape index (κ1) is 14.9. The Morgan fingerprint density at radius 2 is 1.47 bits per heavy atom. The minimum atomic E-state index is 0. The molecule has 0 bridgehead atoms. The first-order valence-corrected chi connectivity index (χ1v) is 6.42. The number of unbranched alkanes of at least 4 members (excludes halogenated alkanes) is 1. The molecule has 0 unspecified atom stereocenters. The molecular formula is C12H35N3. The molecule has 0 aromatic heterocycles. The van der Waals surface area contributed by atoms with Crippen molar-refractivity contribution in [2.75, 3.05) is 32.7 Å². The van der Waals surface area contributed by atoms with Crippen LogP contribution in [0.4, 0.5) is 0 Å². The van der Waals surface area contributed by atoms with E-state index in [1.807, 2.05) is 0 Å². The van der Waals surface area contributed by atoms with Crippen molar-refractivity contribution in [2.45, 2.75) is 46.1 Å². The lowest BCUT2D eigenvalue weighted by atomic mass is 10.3. The van der Waals surface area contributed by atoms with E-state index < -0.39 is 0 Å². The van der Waals surface area contributed by atoms with Crippen molar-refractivity contribution in [2.24, 2.45) is 0 Å². The summed E-state index contributed by atoms with van der Waals surface area (Å²) in [5.41, 5.74) is 0. The molecule has 0 aromatic rings. The zero-order chi connectivity index (χ0) is 11.4. The summed E-state index contributed by atoms with van der Waals surface area (Å²) in [6.07, 6.45) is 3.79. The van der Waals surface area contributed by atoms with Crippen LogP contribution in [0, 0.1) is 0 Å². The van der Waals surface area contributed by atoms with Gasteiger partial charge in [0, 0.05) is 10.3 Å². The summed E-state index contributed by atoms with van der Waals surface area (Å²) in [5.74, 6) is 0. The van der Waals surface area contributed by atoms with Gasteiger partial charge in [-0.25, -0.2) is 0 Å². The third-order valence-corrected chi connectivity index (χ3v) is 2.29. The van der Waals surface area contributed by atoms with Crippen LogP contribution in [0.3, 0.4) is 0 Å². The Balaban J connectivity index is -0.000000327. The summed E-state index contributed by atoms with van der Waals surface area (Å²) in [6, 6.07) is 0.616. The topological polar surface area (TPSA) is 36.1 Å². The molecule has 0 spiro atoms. The summed E-state index contributed by atoms with van der Waals surface area (Å²) in [4.78, 5) is 0. The Kier molecular flexibility index (Phi) is 11.9. The molecule has 0 saturated carbocycles. The van der Waals surface area contributed by atoms with Crippen molar-refractivity contribution in [3.8, 4) is 0 Å². The molecule has 0 heterocycles. The molecule has 0 aliphatic heterocycles. The van der Waals surface area contributed by atoms with Gasteiger partial charge in [0.2, 0.25) is 0 Å². The fraction of sp³-hybridized carbons (Fsp3) is 1.00. The van der Waals surface area contributed by atoms with Gasteiger partial charge in [-0.3, -0.25) is 0 Å². The van der Waals surface area contributed by atoms with Gasteiger partial charge in [-0.15, -0.1) is 0 Å². The van der Waals surface area contributed by atoms with Crippen LogP contribution in [-0.2, 0) is 0 Å². The largest absolute Gasteiger partial charge is 0.317 e. The number of rotatable bonds is 11. The second kappa shape index (κ2) is 12.0. The lowest BCUT2D eigenvalue weighted by molar-refractivity contribution is 0.536. The Morgan fingerprint density at radius 1 is 0.867 bits per heavy atom. The molecule has 0 aromatic carbocycles. The first-order valence-electron chi connectivity index (χ1n) is 6.42. The second-order valence-electron chi connectivity index (χ2n) is 4.27.